The van der Waals surface area contributed by atoms with Crippen LogP contribution in [0.25, 0.3) is 0 Å². The molecule has 18 heavy (non-hydrogen) atoms. The molecule has 2 N–H and O–H groups in total. The molecule has 0 saturated heterocycles. The summed E-state index contributed by atoms with van der Waals surface area (Å²) in [6, 6.07) is 0.391. The Morgan fingerprint density at radius 3 is 2.61 bits per heavy atom. The first-order valence-electron chi connectivity index (χ1n) is 7.66. The standard InChI is InChI=1S/C15H30N2O/c1-3-4-5-6-11-15(18)17(2)14-10-8-7-9-13(14)12-16/h13-14H,3-12,16H2,1-2H3. The molecule has 0 aromatic heterocycles. The van der Waals surface area contributed by atoms with Crippen molar-refractivity contribution in [3.8, 4) is 0 Å². The number of rotatable bonds is 7. The zero-order valence-corrected chi connectivity index (χ0v) is 12.2. The lowest BCUT2D eigenvalue weighted by Gasteiger charge is -2.37. The van der Waals surface area contributed by atoms with Gasteiger partial charge in [0.15, 0.2) is 0 Å². The fourth-order valence-corrected chi connectivity index (χ4v) is 3.04. The van der Waals surface area contributed by atoms with Crippen LogP contribution in [0.2, 0.25) is 0 Å². The Bertz CT molecular complexity index is 243. The molecule has 1 amide bonds. The van der Waals surface area contributed by atoms with Crippen LogP contribution in [0.5, 0.6) is 0 Å². The molecule has 2 unspecified atom stereocenters. The monoisotopic (exact) mass is 254 g/mol. The van der Waals surface area contributed by atoms with Crippen molar-refractivity contribution in [1.29, 1.82) is 0 Å². The minimum Gasteiger partial charge on any atom is -0.342 e. The summed E-state index contributed by atoms with van der Waals surface area (Å²) < 4.78 is 0. The van der Waals surface area contributed by atoms with Crippen LogP contribution in [0.1, 0.15) is 64.7 Å². The van der Waals surface area contributed by atoms with Gasteiger partial charge in [0.25, 0.3) is 0 Å². The van der Waals surface area contributed by atoms with E-state index in [2.05, 4.69) is 6.92 Å². The second-order valence-electron chi connectivity index (χ2n) is 5.66. The van der Waals surface area contributed by atoms with E-state index in [9.17, 15) is 4.79 Å². The molecule has 2 atom stereocenters. The fraction of sp³-hybridized carbons (Fsp3) is 0.933. The lowest BCUT2D eigenvalue weighted by atomic mass is 9.83. The van der Waals surface area contributed by atoms with Crippen LogP contribution in [-0.4, -0.2) is 30.4 Å². The van der Waals surface area contributed by atoms with Crippen molar-refractivity contribution < 1.29 is 4.79 Å². The molecular formula is C15H30N2O. The largest absolute Gasteiger partial charge is 0.342 e. The Morgan fingerprint density at radius 2 is 1.94 bits per heavy atom. The molecule has 1 aliphatic rings. The van der Waals surface area contributed by atoms with Gasteiger partial charge in [0.05, 0.1) is 0 Å². The van der Waals surface area contributed by atoms with E-state index in [0.29, 0.717) is 24.3 Å². The molecule has 106 valence electrons. The molecule has 1 fully saturated rings. The lowest BCUT2D eigenvalue weighted by Crippen LogP contribution is -2.45. The average Bonchev–Trinajstić information content (AvgIpc) is 2.42. The number of nitrogens with two attached hydrogens (primary N) is 1. The maximum atomic E-state index is 12.2. The minimum absolute atomic E-state index is 0.316. The van der Waals surface area contributed by atoms with Crippen LogP contribution in [0.4, 0.5) is 0 Å². The van der Waals surface area contributed by atoms with E-state index in [4.69, 9.17) is 5.73 Å². The first-order valence-corrected chi connectivity index (χ1v) is 7.66. The van der Waals surface area contributed by atoms with Gasteiger partial charge in [-0.15, -0.1) is 0 Å². The van der Waals surface area contributed by atoms with Crippen molar-refractivity contribution in [1.82, 2.24) is 4.90 Å². The second-order valence-corrected chi connectivity index (χ2v) is 5.66. The van der Waals surface area contributed by atoms with Gasteiger partial charge in [-0.2, -0.15) is 0 Å². The van der Waals surface area contributed by atoms with Gasteiger partial charge in [-0.05, 0) is 31.7 Å². The summed E-state index contributed by atoms with van der Waals surface area (Å²) in [5.41, 5.74) is 5.83. The number of carbonyl (C=O) groups excluding carboxylic acids is 1. The van der Waals surface area contributed by atoms with Crippen molar-refractivity contribution in [2.24, 2.45) is 11.7 Å². The van der Waals surface area contributed by atoms with E-state index >= 15 is 0 Å². The molecule has 0 aromatic rings. The Morgan fingerprint density at radius 1 is 1.22 bits per heavy atom. The van der Waals surface area contributed by atoms with Crippen LogP contribution in [0.3, 0.4) is 0 Å². The normalized spacial score (nSPS) is 23.9. The summed E-state index contributed by atoms with van der Waals surface area (Å²) in [4.78, 5) is 14.1. The average molecular weight is 254 g/mol. The number of hydrogen-bond acceptors (Lipinski definition) is 2. The molecular weight excluding hydrogens is 224 g/mol. The van der Waals surface area contributed by atoms with Crippen LogP contribution in [0.15, 0.2) is 0 Å². The SMILES string of the molecule is CCCCCCC(=O)N(C)C1CCCCC1CN. The summed E-state index contributed by atoms with van der Waals surface area (Å²) >= 11 is 0. The molecule has 1 saturated carbocycles. The van der Waals surface area contributed by atoms with E-state index in [1.807, 2.05) is 11.9 Å². The topological polar surface area (TPSA) is 46.3 Å². The van der Waals surface area contributed by atoms with Crippen molar-refractivity contribution in [3.63, 3.8) is 0 Å². The summed E-state index contributed by atoms with van der Waals surface area (Å²) in [6.07, 6.45) is 10.2. The highest BCUT2D eigenvalue weighted by molar-refractivity contribution is 5.76. The molecule has 3 heteroatoms. The van der Waals surface area contributed by atoms with Gasteiger partial charge in [-0.25, -0.2) is 0 Å². The van der Waals surface area contributed by atoms with Crippen LogP contribution < -0.4 is 5.73 Å². The van der Waals surface area contributed by atoms with Gasteiger partial charge >= 0.3 is 0 Å². The third-order valence-electron chi connectivity index (χ3n) is 4.31. The summed E-state index contributed by atoms with van der Waals surface area (Å²) in [5, 5.41) is 0. The van der Waals surface area contributed by atoms with Crippen molar-refractivity contribution in [2.75, 3.05) is 13.6 Å². The van der Waals surface area contributed by atoms with Gasteiger partial charge < -0.3 is 10.6 Å². The lowest BCUT2D eigenvalue weighted by molar-refractivity contribution is -0.133. The van der Waals surface area contributed by atoms with Crippen molar-refractivity contribution in [3.05, 3.63) is 0 Å². The van der Waals surface area contributed by atoms with E-state index in [1.165, 1.54) is 38.5 Å². The molecule has 0 bridgehead atoms. The highest BCUT2D eigenvalue weighted by Gasteiger charge is 2.29. The number of amides is 1. The Hall–Kier alpha value is -0.570. The van der Waals surface area contributed by atoms with Crippen LogP contribution in [0, 0.1) is 5.92 Å². The highest BCUT2D eigenvalue weighted by atomic mass is 16.2. The molecule has 0 aliphatic heterocycles. The molecule has 3 nitrogen and oxygen atoms in total. The van der Waals surface area contributed by atoms with Gasteiger partial charge in [-0.1, -0.05) is 39.0 Å². The smallest absolute Gasteiger partial charge is 0.222 e. The Kier molecular flexibility index (Phi) is 7.33. The number of hydrogen-bond donors (Lipinski definition) is 1. The Balaban J connectivity index is 2.36. The molecule has 0 radical (unpaired) electrons. The van der Waals surface area contributed by atoms with Gasteiger partial charge in [0, 0.05) is 19.5 Å². The number of nitrogens with zero attached hydrogens (tertiary/aromatic N) is 1. The number of unbranched alkanes of at least 4 members (excludes halogenated alkanes) is 3. The summed E-state index contributed by atoms with van der Waals surface area (Å²) in [6.45, 7) is 2.92. The summed E-state index contributed by atoms with van der Waals surface area (Å²) in [5.74, 6) is 0.833. The highest BCUT2D eigenvalue weighted by Crippen LogP contribution is 2.27. The van der Waals surface area contributed by atoms with Gasteiger partial charge in [-0.3, -0.25) is 4.79 Å². The third-order valence-corrected chi connectivity index (χ3v) is 4.31. The van der Waals surface area contributed by atoms with E-state index in [1.54, 1.807) is 0 Å². The quantitative estimate of drug-likeness (QED) is 0.710. The van der Waals surface area contributed by atoms with Crippen LogP contribution in [-0.2, 0) is 4.79 Å². The van der Waals surface area contributed by atoms with E-state index < -0.39 is 0 Å². The Labute approximate surface area is 112 Å². The van der Waals surface area contributed by atoms with Crippen LogP contribution >= 0.6 is 0 Å². The maximum Gasteiger partial charge on any atom is 0.222 e. The zero-order chi connectivity index (χ0) is 13.4. The molecule has 0 aromatic carbocycles. The third kappa shape index (κ3) is 4.60. The van der Waals surface area contributed by atoms with Gasteiger partial charge in [0.1, 0.15) is 0 Å². The summed E-state index contributed by atoms with van der Waals surface area (Å²) in [7, 11) is 1.97. The minimum atomic E-state index is 0.316. The first kappa shape index (κ1) is 15.5. The van der Waals surface area contributed by atoms with E-state index in [0.717, 1.165) is 19.4 Å². The molecule has 1 aliphatic carbocycles. The molecule has 1 rings (SSSR count). The molecule has 0 heterocycles. The predicted molar refractivity (Wildman–Crippen MR) is 76.3 cm³/mol. The predicted octanol–water partition coefficient (Wildman–Crippen LogP) is 2.93. The second kappa shape index (κ2) is 8.52. The van der Waals surface area contributed by atoms with Crippen molar-refractivity contribution >= 4 is 5.91 Å². The fourth-order valence-electron chi connectivity index (χ4n) is 3.04. The van der Waals surface area contributed by atoms with Gasteiger partial charge in [0.2, 0.25) is 5.91 Å². The number of carbonyl (C=O) groups is 1. The van der Waals surface area contributed by atoms with Crippen molar-refractivity contribution in [2.45, 2.75) is 70.8 Å². The van der Waals surface area contributed by atoms with E-state index in [-0.39, 0.29) is 0 Å². The first-order chi connectivity index (χ1) is 8.70. The molecule has 0 spiro atoms. The maximum absolute atomic E-state index is 12.2. The zero-order valence-electron chi connectivity index (χ0n) is 12.2.